The summed E-state index contributed by atoms with van der Waals surface area (Å²) in [5, 5.41) is 8.48. The Morgan fingerprint density at radius 3 is 2.08 bits per heavy atom. The van der Waals surface area contributed by atoms with Crippen LogP contribution < -0.4 is 0 Å². The second kappa shape index (κ2) is 11.7. The Morgan fingerprint density at radius 1 is 0.846 bits per heavy atom. The fourth-order valence-electron chi connectivity index (χ4n) is 1.41. The molecule has 0 radical (unpaired) electrons. The lowest BCUT2D eigenvalue weighted by Gasteiger charge is -1.98. The second-order valence-corrected chi connectivity index (χ2v) is 3.56. The van der Waals surface area contributed by atoms with Crippen LogP contribution in [0.5, 0.6) is 0 Å². The van der Waals surface area contributed by atoms with Gasteiger partial charge in [-0.05, 0) is 12.8 Å². The highest BCUT2D eigenvalue weighted by Crippen LogP contribution is 2.08. The van der Waals surface area contributed by atoms with Gasteiger partial charge < -0.3 is 5.11 Å². The zero-order chi connectivity index (χ0) is 9.78. The highest BCUT2D eigenvalue weighted by Gasteiger charge is 1.88. The third-order valence-electron chi connectivity index (χ3n) is 2.25. The van der Waals surface area contributed by atoms with Crippen LogP contribution in [0.1, 0.15) is 58.3 Å². The van der Waals surface area contributed by atoms with Gasteiger partial charge in [0.2, 0.25) is 0 Å². The molecule has 0 aliphatic carbocycles. The van der Waals surface area contributed by atoms with Crippen molar-refractivity contribution in [3.05, 3.63) is 12.2 Å². The molecule has 78 valence electrons. The van der Waals surface area contributed by atoms with E-state index in [-0.39, 0.29) is 6.61 Å². The lowest BCUT2D eigenvalue weighted by molar-refractivity contribution is 0.342. The summed E-state index contributed by atoms with van der Waals surface area (Å²) < 4.78 is 0. The fraction of sp³-hybridized carbons (Fsp3) is 0.833. The predicted octanol–water partition coefficient (Wildman–Crippen LogP) is 3.68. The summed E-state index contributed by atoms with van der Waals surface area (Å²) in [7, 11) is 0. The van der Waals surface area contributed by atoms with Crippen LogP contribution in [-0.2, 0) is 0 Å². The van der Waals surface area contributed by atoms with Crippen molar-refractivity contribution in [2.75, 3.05) is 6.61 Å². The number of hydrogen-bond donors (Lipinski definition) is 1. The van der Waals surface area contributed by atoms with Crippen molar-refractivity contribution in [1.29, 1.82) is 0 Å². The van der Waals surface area contributed by atoms with E-state index >= 15 is 0 Å². The molecule has 1 N–H and O–H groups in total. The van der Waals surface area contributed by atoms with Gasteiger partial charge in [-0.25, -0.2) is 0 Å². The summed E-state index contributed by atoms with van der Waals surface area (Å²) in [6.45, 7) is 2.44. The Labute approximate surface area is 82.9 Å². The molecule has 13 heavy (non-hydrogen) atoms. The van der Waals surface area contributed by atoms with E-state index in [0.29, 0.717) is 0 Å². The molecule has 0 saturated carbocycles. The predicted molar refractivity (Wildman–Crippen MR) is 58.8 cm³/mol. The molecule has 0 heterocycles. The van der Waals surface area contributed by atoms with Crippen molar-refractivity contribution in [3.63, 3.8) is 0 Å². The molecule has 0 saturated heterocycles. The van der Waals surface area contributed by atoms with E-state index in [4.69, 9.17) is 5.11 Å². The van der Waals surface area contributed by atoms with Gasteiger partial charge in [0, 0.05) is 0 Å². The van der Waals surface area contributed by atoms with E-state index in [1.54, 1.807) is 0 Å². The quantitative estimate of drug-likeness (QED) is 0.428. The highest BCUT2D eigenvalue weighted by atomic mass is 16.2. The lowest BCUT2D eigenvalue weighted by atomic mass is 10.1. The minimum atomic E-state index is 0.191. The van der Waals surface area contributed by atoms with Crippen molar-refractivity contribution >= 4 is 0 Å². The van der Waals surface area contributed by atoms with Crippen LogP contribution in [0.2, 0.25) is 0 Å². The average Bonchev–Trinajstić information content (AvgIpc) is 2.16. The molecule has 0 aromatic rings. The van der Waals surface area contributed by atoms with E-state index in [9.17, 15) is 0 Å². The average molecular weight is 184 g/mol. The maximum absolute atomic E-state index is 8.48. The van der Waals surface area contributed by atoms with Crippen LogP contribution in [0, 0.1) is 0 Å². The Bertz CT molecular complexity index is 108. The summed E-state index contributed by atoms with van der Waals surface area (Å²) in [5.74, 6) is 0. The summed E-state index contributed by atoms with van der Waals surface area (Å²) in [5.41, 5.74) is 0. The van der Waals surface area contributed by atoms with Crippen LogP contribution in [0.4, 0.5) is 0 Å². The van der Waals surface area contributed by atoms with Gasteiger partial charge in [-0.15, -0.1) is 0 Å². The van der Waals surface area contributed by atoms with Crippen molar-refractivity contribution in [2.24, 2.45) is 0 Å². The fourth-order valence-corrected chi connectivity index (χ4v) is 1.41. The molecular weight excluding hydrogens is 160 g/mol. The molecular formula is C12H24O. The first-order valence-corrected chi connectivity index (χ1v) is 5.67. The molecule has 0 amide bonds. The normalized spacial score (nSPS) is 11.2. The topological polar surface area (TPSA) is 20.2 Å². The van der Waals surface area contributed by atoms with Crippen molar-refractivity contribution in [1.82, 2.24) is 0 Å². The smallest absolute Gasteiger partial charge is 0.0612 e. The largest absolute Gasteiger partial charge is 0.392 e. The maximum Gasteiger partial charge on any atom is 0.0612 e. The minimum absolute atomic E-state index is 0.191. The summed E-state index contributed by atoms with van der Waals surface area (Å²) in [6, 6.07) is 0. The van der Waals surface area contributed by atoms with E-state index in [1.165, 1.54) is 44.9 Å². The summed E-state index contributed by atoms with van der Waals surface area (Å²) >= 11 is 0. The Morgan fingerprint density at radius 2 is 1.46 bits per heavy atom. The first kappa shape index (κ1) is 12.7. The minimum Gasteiger partial charge on any atom is -0.392 e. The van der Waals surface area contributed by atoms with Gasteiger partial charge in [0.1, 0.15) is 0 Å². The molecule has 0 fully saturated rings. The monoisotopic (exact) mass is 184 g/mol. The number of rotatable bonds is 9. The Kier molecular flexibility index (Phi) is 11.4. The van der Waals surface area contributed by atoms with E-state index in [1.807, 2.05) is 6.08 Å². The third-order valence-corrected chi connectivity index (χ3v) is 2.25. The molecule has 1 nitrogen and oxygen atoms in total. The highest BCUT2D eigenvalue weighted by molar-refractivity contribution is 4.80. The molecule has 0 spiro atoms. The zero-order valence-electron chi connectivity index (χ0n) is 8.97. The first-order valence-electron chi connectivity index (χ1n) is 5.67. The van der Waals surface area contributed by atoms with E-state index in [2.05, 4.69) is 13.0 Å². The lowest BCUT2D eigenvalue weighted by Crippen LogP contribution is -1.79. The molecule has 0 aliphatic heterocycles. The summed E-state index contributed by atoms with van der Waals surface area (Å²) in [4.78, 5) is 0. The molecule has 1 heteroatoms. The SMILES string of the molecule is CCCCCCCCC/C=C/CO. The van der Waals surface area contributed by atoms with Crippen LogP contribution in [0.25, 0.3) is 0 Å². The first-order chi connectivity index (χ1) is 6.41. The van der Waals surface area contributed by atoms with Gasteiger partial charge in [0.15, 0.2) is 0 Å². The molecule has 0 unspecified atom stereocenters. The number of aliphatic hydroxyl groups is 1. The van der Waals surface area contributed by atoms with Gasteiger partial charge in [0.25, 0.3) is 0 Å². The van der Waals surface area contributed by atoms with Gasteiger partial charge in [0.05, 0.1) is 6.61 Å². The second-order valence-electron chi connectivity index (χ2n) is 3.56. The third kappa shape index (κ3) is 11.7. The van der Waals surface area contributed by atoms with Gasteiger partial charge in [-0.1, -0.05) is 57.6 Å². The standard InChI is InChI=1S/C12H24O/c1-2-3-4-5-6-7-8-9-10-11-12-13/h10-11,13H,2-9,12H2,1H3/b11-10+. The number of unbranched alkanes of at least 4 members (excludes halogenated alkanes) is 7. The molecule has 0 rings (SSSR count). The van der Waals surface area contributed by atoms with Crippen LogP contribution in [-0.4, -0.2) is 11.7 Å². The summed E-state index contributed by atoms with van der Waals surface area (Å²) in [6.07, 6.45) is 14.6. The molecule has 0 aromatic heterocycles. The van der Waals surface area contributed by atoms with Crippen LogP contribution >= 0.6 is 0 Å². The van der Waals surface area contributed by atoms with Crippen molar-refractivity contribution in [2.45, 2.75) is 58.3 Å². The molecule has 0 atom stereocenters. The van der Waals surface area contributed by atoms with Crippen LogP contribution in [0.15, 0.2) is 12.2 Å². The Balaban J connectivity index is 2.87. The van der Waals surface area contributed by atoms with E-state index in [0.717, 1.165) is 6.42 Å². The van der Waals surface area contributed by atoms with Crippen LogP contribution in [0.3, 0.4) is 0 Å². The van der Waals surface area contributed by atoms with Gasteiger partial charge >= 0.3 is 0 Å². The number of aliphatic hydroxyl groups excluding tert-OH is 1. The zero-order valence-corrected chi connectivity index (χ0v) is 8.97. The van der Waals surface area contributed by atoms with Crippen molar-refractivity contribution < 1.29 is 5.11 Å². The van der Waals surface area contributed by atoms with Crippen molar-refractivity contribution in [3.8, 4) is 0 Å². The number of allylic oxidation sites excluding steroid dienone is 1. The number of hydrogen-bond acceptors (Lipinski definition) is 1. The van der Waals surface area contributed by atoms with E-state index < -0.39 is 0 Å². The molecule has 0 bridgehead atoms. The molecule has 0 aromatic carbocycles. The Hall–Kier alpha value is -0.300. The van der Waals surface area contributed by atoms with Gasteiger partial charge in [-0.2, -0.15) is 0 Å². The molecule has 0 aliphatic rings. The maximum atomic E-state index is 8.48. The van der Waals surface area contributed by atoms with Gasteiger partial charge in [-0.3, -0.25) is 0 Å².